The summed E-state index contributed by atoms with van der Waals surface area (Å²) >= 11 is 0. The van der Waals surface area contributed by atoms with E-state index in [4.69, 9.17) is 9.47 Å². The first-order chi connectivity index (χ1) is 10.1. The maximum absolute atomic E-state index is 11.9. The highest BCUT2D eigenvalue weighted by molar-refractivity contribution is 4.92. The fourth-order valence-electron chi connectivity index (χ4n) is 2.63. The smallest absolute Gasteiger partial charge is 0.330 e. The Hall–Kier alpha value is -1.48. The third-order valence-corrected chi connectivity index (χ3v) is 3.69. The van der Waals surface area contributed by atoms with Crippen molar-refractivity contribution in [1.82, 2.24) is 9.55 Å². The van der Waals surface area contributed by atoms with Crippen molar-refractivity contribution < 1.29 is 19.7 Å². The molecule has 21 heavy (non-hydrogen) atoms. The molecule has 1 saturated heterocycles. The second-order valence-electron chi connectivity index (χ2n) is 5.05. The number of methoxy groups -OCH3 is 1. The van der Waals surface area contributed by atoms with E-state index in [1.54, 1.807) is 7.11 Å². The Morgan fingerprint density at radius 2 is 2.24 bits per heavy atom. The third kappa shape index (κ3) is 3.41. The highest BCUT2D eigenvalue weighted by Gasteiger charge is 2.44. The Morgan fingerprint density at radius 3 is 2.86 bits per heavy atom. The van der Waals surface area contributed by atoms with Gasteiger partial charge in [0.05, 0.1) is 12.7 Å². The van der Waals surface area contributed by atoms with Crippen LogP contribution in [0.1, 0.15) is 19.1 Å². The average molecular weight is 300 g/mol. The number of aliphatic hydroxyl groups excluding tert-OH is 2. The SMILES string of the molecule is COCCCC1C(O)[C@@H](CO)O[C@H]1n1ccc(=O)[nH]c1=O. The summed E-state index contributed by atoms with van der Waals surface area (Å²) in [6.07, 6.45) is 0.243. The standard InChI is InChI=1S/C13H20N2O6/c1-20-6-2-3-8-11(18)9(7-16)21-12(8)15-5-4-10(17)14-13(15)19/h4-5,8-9,11-12,16,18H,2-3,6-7H2,1H3,(H,14,17,19)/t8?,9-,11?,12-/m1/s1. The number of aliphatic hydroxyl groups is 2. The lowest BCUT2D eigenvalue weighted by Gasteiger charge is -2.21. The molecule has 1 aliphatic rings. The van der Waals surface area contributed by atoms with Crippen LogP contribution in [0, 0.1) is 5.92 Å². The Balaban J connectivity index is 2.25. The van der Waals surface area contributed by atoms with Gasteiger partial charge in [0.2, 0.25) is 0 Å². The molecule has 3 N–H and O–H groups in total. The van der Waals surface area contributed by atoms with Gasteiger partial charge < -0.3 is 19.7 Å². The quantitative estimate of drug-likeness (QED) is 0.570. The van der Waals surface area contributed by atoms with E-state index in [2.05, 4.69) is 4.98 Å². The van der Waals surface area contributed by atoms with Gasteiger partial charge in [0.25, 0.3) is 5.56 Å². The van der Waals surface area contributed by atoms with Crippen LogP contribution in [0.2, 0.25) is 0 Å². The summed E-state index contributed by atoms with van der Waals surface area (Å²) in [6.45, 7) is 0.191. The molecule has 0 spiro atoms. The molecule has 2 rings (SSSR count). The van der Waals surface area contributed by atoms with Gasteiger partial charge >= 0.3 is 5.69 Å². The van der Waals surface area contributed by atoms with E-state index in [-0.39, 0.29) is 12.5 Å². The molecule has 8 heteroatoms. The van der Waals surface area contributed by atoms with Gasteiger partial charge in [0.15, 0.2) is 0 Å². The maximum atomic E-state index is 11.9. The normalized spacial score (nSPS) is 28.9. The van der Waals surface area contributed by atoms with Gasteiger partial charge in [-0.15, -0.1) is 0 Å². The summed E-state index contributed by atoms with van der Waals surface area (Å²) in [5.41, 5.74) is -1.10. The van der Waals surface area contributed by atoms with Gasteiger partial charge in [-0.05, 0) is 12.8 Å². The van der Waals surface area contributed by atoms with Crippen molar-refractivity contribution in [3.63, 3.8) is 0 Å². The molecule has 0 radical (unpaired) electrons. The number of nitrogens with zero attached hydrogens (tertiary/aromatic N) is 1. The van der Waals surface area contributed by atoms with Crippen molar-refractivity contribution in [2.75, 3.05) is 20.3 Å². The van der Waals surface area contributed by atoms with Gasteiger partial charge in [-0.2, -0.15) is 0 Å². The fourth-order valence-corrected chi connectivity index (χ4v) is 2.63. The predicted octanol–water partition coefficient (Wildman–Crippen LogP) is -1.17. The number of rotatable bonds is 6. The minimum absolute atomic E-state index is 0.337. The molecule has 2 unspecified atom stereocenters. The van der Waals surface area contributed by atoms with E-state index in [1.807, 2.05) is 0 Å². The van der Waals surface area contributed by atoms with Crippen molar-refractivity contribution in [3.05, 3.63) is 33.1 Å². The summed E-state index contributed by atoms with van der Waals surface area (Å²) in [4.78, 5) is 25.1. The van der Waals surface area contributed by atoms with Gasteiger partial charge in [0.1, 0.15) is 12.3 Å². The highest BCUT2D eigenvalue weighted by Crippen LogP contribution is 2.36. The first-order valence-corrected chi connectivity index (χ1v) is 6.83. The fraction of sp³-hybridized carbons (Fsp3) is 0.692. The van der Waals surface area contributed by atoms with Gasteiger partial charge in [-0.25, -0.2) is 4.79 Å². The second-order valence-corrected chi connectivity index (χ2v) is 5.05. The zero-order valence-electron chi connectivity index (χ0n) is 11.8. The summed E-state index contributed by atoms with van der Waals surface area (Å²) < 4.78 is 11.8. The number of hydrogen-bond donors (Lipinski definition) is 3. The van der Waals surface area contributed by atoms with Crippen LogP contribution < -0.4 is 11.2 Å². The number of H-pyrrole nitrogens is 1. The topological polar surface area (TPSA) is 114 Å². The van der Waals surface area contributed by atoms with Gasteiger partial charge in [0, 0.05) is 31.9 Å². The lowest BCUT2D eigenvalue weighted by atomic mass is 9.94. The molecule has 1 aromatic rings. The van der Waals surface area contributed by atoms with E-state index in [0.29, 0.717) is 19.4 Å². The zero-order valence-corrected chi connectivity index (χ0v) is 11.8. The van der Waals surface area contributed by atoms with Crippen LogP contribution in [0.25, 0.3) is 0 Å². The summed E-state index contributed by atoms with van der Waals surface area (Å²) in [5.74, 6) is -0.360. The van der Waals surface area contributed by atoms with Crippen molar-refractivity contribution >= 4 is 0 Å². The molecule has 1 aromatic heterocycles. The molecule has 0 saturated carbocycles. The Morgan fingerprint density at radius 1 is 1.48 bits per heavy atom. The first-order valence-electron chi connectivity index (χ1n) is 6.83. The molecule has 0 aromatic carbocycles. The molecule has 118 valence electrons. The Labute approximate surface area is 120 Å². The third-order valence-electron chi connectivity index (χ3n) is 3.69. The Bertz CT molecular complexity index is 568. The van der Waals surface area contributed by atoms with E-state index in [9.17, 15) is 19.8 Å². The lowest BCUT2D eigenvalue weighted by molar-refractivity contribution is -0.0484. The molecule has 1 fully saturated rings. The van der Waals surface area contributed by atoms with E-state index in [1.165, 1.54) is 16.8 Å². The molecule has 2 heterocycles. The molecule has 1 aliphatic heterocycles. The lowest BCUT2D eigenvalue weighted by Crippen LogP contribution is -2.35. The van der Waals surface area contributed by atoms with Crippen LogP contribution in [0.15, 0.2) is 21.9 Å². The van der Waals surface area contributed by atoms with Crippen LogP contribution in [0.4, 0.5) is 0 Å². The predicted molar refractivity (Wildman–Crippen MR) is 72.9 cm³/mol. The molecular formula is C13H20N2O6. The van der Waals surface area contributed by atoms with Gasteiger partial charge in [-0.1, -0.05) is 0 Å². The van der Waals surface area contributed by atoms with Crippen LogP contribution in [-0.2, 0) is 9.47 Å². The van der Waals surface area contributed by atoms with Crippen molar-refractivity contribution in [2.45, 2.75) is 31.3 Å². The van der Waals surface area contributed by atoms with Crippen LogP contribution in [-0.4, -0.2) is 52.3 Å². The number of ether oxygens (including phenoxy) is 2. The largest absolute Gasteiger partial charge is 0.394 e. The molecule has 0 aliphatic carbocycles. The minimum Gasteiger partial charge on any atom is -0.394 e. The number of nitrogens with one attached hydrogen (secondary N) is 1. The second kappa shape index (κ2) is 6.99. The minimum atomic E-state index is -0.879. The van der Waals surface area contributed by atoms with Gasteiger partial charge in [-0.3, -0.25) is 14.3 Å². The molecule has 8 nitrogen and oxygen atoms in total. The van der Waals surface area contributed by atoms with E-state index >= 15 is 0 Å². The maximum Gasteiger partial charge on any atom is 0.330 e. The highest BCUT2D eigenvalue weighted by atomic mass is 16.5. The number of hydrogen-bond acceptors (Lipinski definition) is 6. The van der Waals surface area contributed by atoms with Crippen molar-refractivity contribution in [1.29, 1.82) is 0 Å². The average Bonchev–Trinajstić information content (AvgIpc) is 2.76. The molecule has 0 bridgehead atoms. The monoisotopic (exact) mass is 300 g/mol. The summed E-state index contributed by atoms with van der Waals surface area (Å²) in [6, 6.07) is 1.22. The summed E-state index contributed by atoms with van der Waals surface area (Å²) in [7, 11) is 1.59. The van der Waals surface area contributed by atoms with E-state index in [0.717, 1.165) is 0 Å². The number of aromatic nitrogens is 2. The van der Waals surface area contributed by atoms with Crippen molar-refractivity contribution in [3.8, 4) is 0 Å². The Kier molecular flexibility index (Phi) is 5.29. The molecular weight excluding hydrogens is 280 g/mol. The molecule has 0 amide bonds. The zero-order chi connectivity index (χ0) is 15.4. The summed E-state index contributed by atoms with van der Waals surface area (Å²) in [5, 5.41) is 19.5. The van der Waals surface area contributed by atoms with Crippen LogP contribution in [0.5, 0.6) is 0 Å². The molecule has 4 atom stereocenters. The van der Waals surface area contributed by atoms with Crippen LogP contribution >= 0.6 is 0 Å². The number of aromatic amines is 1. The van der Waals surface area contributed by atoms with Crippen LogP contribution in [0.3, 0.4) is 0 Å². The first kappa shape index (κ1) is 15.9. The van der Waals surface area contributed by atoms with Crippen molar-refractivity contribution in [2.24, 2.45) is 5.92 Å². The van der Waals surface area contributed by atoms with E-state index < -0.39 is 29.7 Å².